The molecule has 1 rings (SSSR count). The van der Waals surface area contributed by atoms with Gasteiger partial charge in [-0.1, -0.05) is 16.8 Å². The average Bonchev–Trinajstić information content (AvgIpc) is 2.65. The smallest absolute Gasteiger partial charge is 0.250 e. The average molecular weight is 284 g/mol. The molecule has 0 spiro atoms. The van der Waals surface area contributed by atoms with Gasteiger partial charge in [-0.25, -0.2) is 13.1 Å². The number of amidine groups is 1. The second kappa shape index (κ2) is 5.48. The number of nitrogens with zero attached hydrogens (tertiary/aromatic N) is 1. The molecule has 0 aliphatic carbocycles. The molecule has 1 aromatic heterocycles. The minimum atomic E-state index is -3.55. The summed E-state index contributed by atoms with van der Waals surface area (Å²) in [4.78, 5) is 0. The Bertz CT molecular complexity index is 483. The fourth-order valence-electron chi connectivity index (χ4n) is 0.877. The van der Waals surface area contributed by atoms with Gasteiger partial charge >= 0.3 is 0 Å². The Morgan fingerprint density at radius 1 is 1.62 bits per heavy atom. The van der Waals surface area contributed by atoms with Gasteiger partial charge in [-0.3, -0.25) is 0 Å². The fraction of sp³-hybridized carbons (Fsp3) is 0.286. The third-order valence-corrected chi connectivity index (χ3v) is 4.80. The van der Waals surface area contributed by atoms with Gasteiger partial charge in [-0.15, -0.1) is 11.3 Å². The Labute approximate surface area is 102 Å². The van der Waals surface area contributed by atoms with Crippen molar-refractivity contribution in [3.05, 3.63) is 16.5 Å². The van der Waals surface area contributed by atoms with Gasteiger partial charge in [0, 0.05) is 13.0 Å². The predicted molar refractivity (Wildman–Crippen MR) is 62.5 cm³/mol. The second-order valence-corrected chi connectivity index (χ2v) is 6.51. The van der Waals surface area contributed by atoms with E-state index in [9.17, 15) is 8.42 Å². The van der Waals surface area contributed by atoms with Crippen molar-refractivity contribution in [1.29, 1.82) is 0 Å². The van der Waals surface area contributed by atoms with Gasteiger partial charge in [-0.05, 0) is 12.1 Å². The first-order chi connectivity index (χ1) is 7.45. The highest BCUT2D eigenvalue weighted by atomic mass is 35.5. The molecule has 1 aromatic rings. The van der Waals surface area contributed by atoms with E-state index in [0.717, 1.165) is 11.3 Å². The third kappa shape index (κ3) is 3.63. The maximum Gasteiger partial charge on any atom is 0.250 e. The zero-order valence-corrected chi connectivity index (χ0v) is 10.4. The van der Waals surface area contributed by atoms with Gasteiger partial charge in [0.2, 0.25) is 10.0 Å². The summed E-state index contributed by atoms with van der Waals surface area (Å²) >= 11 is 6.59. The lowest BCUT2D eigenvalue weighted by atomic mass is 10.4. The molecular formula is C7H10ClN3O3S2. The molecule has 9 heteroatoms. The zero-order chi connectivity index (χ0) is 12.2. The van der Waals surface area contributed by atoms with E-state index in [4.69, 9.17) is 22.5 Å². The number of thiophene rings is 1. The Kier molecular flexibility index (Phi) is 4.54. The van der Waals surface area contributed by atoms with Crippen LogP contribution in [0.1, 0.15) is 6.42 Å². The SMILES string of the molecule is NC(CCNS(=O)(=O)c1ccc(Cl)s1)=NO. The molecule has 0 bridgehead atoms. The molecule has 0 aliphatic heterocycles. The molecule has 0 atom stereocenters. The lowest BCUT2D eigenvalue weighted by Gasteiger charge is -2.03. The van der Waals surface area contributed by atoms with Crippen LogP contribution < -0.4 is 10.5 Å². The Morgan fingerprint density at radius 2 is 2.31 bits per heavy atom. The summed E-state index contributed by atoms with van der Waals surface area (Å²) in [5.74, 6) is -0.0353. The van der Waals surface area contributed by atoms with E-state index in [0.29, 0.717) is 4.34 Å². The standard InChI is InChI=1S/C7H10ClN3O3S2/c8-5-1-2-7(15-5)16(13,14)10-4-3-6(9)11-12/h1-2,10,12H,3-4H2,(H2,9,11). The number of hydrogen-bond donors (Lipinski definition) is 3. The topological polar surface area (TPSA) is 105 Å². The predicted octanol–water partition coefficient (Wildman–Crippen LogP) is 0.816. The van der Waals surface area contributed by atoms with Gasteiger partial charge in [0.1, 0.15) is 10.0 Å². The normalized spacial score (nSPS) is 12.9. The number of nitrogens with two attached hydrogens (primary N) is 1. The number of oxime groups is 1. The zero-order valence-electron chi connectivity index (χ0n) is 8.05. The van der Waals surface area contributed by atoms with Crippen LogP contribution >= 0.6 is 22.9 Å². The molecule has 0 saturated heterocycles. The number of rotatable bonds is 5. The summed E-state index contributed by atoms with van der Waals surface area (Å²) in [6, 6.07) is 2.92. The first-order valence-corrected chi connectivity index (χ1v) is 6.85. The van der Waals surface area contributed by atoms with Crippen molar-refractivity contribution in [2.24, 2.45) is 10.9 Å². The van der Waals surface area contributed by atoms with Crippen LogP contribution in [-0.4, -0.2) is 26.0 Å². The number of nitrogens with one attached hydrogen (secondary N) is 1. The maximum absolute atomic E-state index is 11.6. The van der Waals surface area contributed by atoms with Crippen LogP contribution in [0.25, 0.3) is 0 Å². The van der Waals surface area contributed by atoms with Crippen molar-refractivity contribution in [2.45, 2.75) is 10.6 Å². The molecule has 0 amide bonds. The first-order valence-electron chi connectivity index (χ1n) is 4.17. The van der Waals surface area contributed by atoms with Gasteiger partial charge in [0.05, 0.1) is 4.34 Å². The highest BCUT2D eigenvalue weighted by molar-refractivity contribution is 7.91. The minimum absolute atomic E-state index is 0.0353. The summed E-state index contributed by atoms with van der Waals surface area (Å²) < 4.78 is 26.1. The van der Waals surface area contributed by atoms with Crippen molar-refractivity contribution in [1.82, 2.24) is 4.72 Å². The van der Waals surface area contributed by atoms with Crippen LogP contribution in [0.15, 0.2) is 21.5 Å². The van der Waals surface area contributed by atoms with Crippen LogP contribution in [0.5, 0.6) is 0 Å². The summed E-state index contributed by atoms with van der Waals surface area (Å²) in [6.07, 6.45) is 0.134. The maximum atomic E-state index is 11.6. The molecule has 0 aromatic carbocycles. The van der Waals surface area contributed by atoms with Crippen LogP contribution in [0, 0.1) is 0 Å². The van der Waals surface area contributed by atoms with E-state index in [1.165, 1.54) is 12.1 Å². The lowest BCUT2D eigenvalue weighted by molar-refractivity contribution is 0.317. The molecule has 0 radical (unpaired) electrons. The molecule has 0 saturated carbocycles. The van der Waals surface area contributed by atoms with Crippen LogP contribution in [0.2, 0.25) is 4.34 Å². The van der Waals surface area contributed by atoms with E-state index in [-0.39, 0.29) is 23.0 Å². The highest BCUT2D eigenvalue weighted by Crippen LogP contribution is 2.25. The number of halogens is 1. The first kappa shape index (κ1) is 13.2. The number of sulfonamides is 1. The summed E-state index contributed by atoms with van der Waals surface area (Å²) in [5.41, 5.74) is 5.19. The van der Waals surface area contributed by atoms with Gasteiger partial charge in [0.25, 0.3) is 0 Å². The minimum Gasteiger partial charge on any atom is -0.409 e. The van der Waals surface area contributed by atoms with E-state index >= 15 is 0 Å². The molecule has 0 unspecified atom stereocenters. The van der Waals surface area contributed by atoms with Crippen LogP contribution in [0.3, 0.4) is 0 Å². The molecular weight excluding hydrogens is 274 g/mol. The van der Waals surface area contributed by atoms with Gasteiger partial charge in [0.15, 0.2) is 0 Å². The van der Waals surface area contributed by atoms with E-state index in [1.807, 2.05) is 0 Å². The fourth-order valence-corrected chi connectivity index (χ4v) is 3.44. The lowest BCUT2D eigenvalue weighted by Crippen LogP contribution is -2.27. The van der Waals surface area contributed by atoms with Gasteiger partial charge < -0.3 is 10.9 Å². The largest absolute Gasteiger partial charge is 0.409 e. The molecule has 16 heavy (non-hydrogen) atoms. The second-order valence-electron chi connectivity index (χ2n) is 2.80. The van der Waals surface area contributed by atoms with Crippen LogP contribution in [-0.2, 0) is 10.0 Å². The van der Waals surface area contributed by atoms with Crippen molar-refractivity contribution in [2.75, 3.05) is 6.54 Å². The van der Waals surface area contributed by atoms with Gasteiger partial charge in [-0.2, -0.15) is 0 Å². The molecule has 4 N–H and O–H groups in total. The molecule has 0 aliphatic rings. The van der Waals surface area contributed by atoms with Crippen molar-refractivity contribution < 1.29 is 13.6 Å². The Morgan fingerprint density at radius 3 is 2.81 bits per heavy atom. The quantitative estimate of drug-likeness (QED) is 0.322. The van der Waals surface area contributed by atoms with Crippen molar-refractivity contribution in [3.63, 3.8) is 0 Å². The number of hydrogen-bond acceptors (Lipinski definition) is 5. The third-order valence-electron chi connectivity index (χ3n) is 1.62. The van der Waals surface area contributed by atoms with Crippen molar-refractivity contribution in [3.8, 4) is 0 Å². The molecule has 90 valence electrons. The Balaban J connectivity index is 2.60. The summed E-state index contributed by atoms with van der Waals surface area (Å²) in [5, 5.41) is 11.0. The van der Waals surface area contributed by atoms with Crippen LogP contribution in [0.4, 0.5) is 0 Å². The molecule has 6 nitrogen and oxygen atoms in total. The van der Waals surface area contributed by atoms with E-state index in [2.05, 4.69) is 9.88 Å². The molecule has 0 fully saturated rings. The van der Waals surface area contributed by atoms with E-state index < -0.39 is 10.0 Å². The monoisotopic (exact) mass is 283 g/mol. The van der Waals surface area contributed by atoms with Crippen molar-refractivity contribution >= 4 is 38.8 Å². The molecule has 1 heterocycles. The Hall–Kier alpha value is -0.830. The summed E-state index contributed by atoms with van der Waals surface area (Å²) in [7, 11) is -3.55. The highest BCUT2D eigenvalue weighted by Gasteiger charge is 2.15. The summed E-state index contributed by atoms with van der Waals surface area (Å²) in [6.45, 7) is 0.0632. The van der Waals surface area contributed by atoms with E-state index in [1.54, 1.807) is 0 Å².